The highest BCUT2D eigenvalue weighted by molar-refractivity contribution is 5.57. The zero-order chi connectivity index (χ0) is 11.7. The molecule has 4 nitrogen and oxygen atoms in total. The summed E-state index contributed by atoms with van der Waals surface area (Å²) in [6, 6.07) is 6.82. The third kappa shape index (κ3) is 1.91. The van der Waals surface area contributed by atoms with Crippen LogP contribution in [0.2, 0.25) is 0 Å². The van der Waals surface area contributed by atoms with Gasteiger partial charge in [-0.3, -0.25) is 0 Å². The first-order valence-electron chi connectivity index (χ1n) is 5.85. The second-order valence-corrected chi connectivity index (χ2v) is 4.31. The van der Waals surface area contributed by atoms with E-state index in [1.54, 1.807) is 12.4 Å². The highest BCUT2D eigenvalue weighted by atomic mass is 15.1. The van der Waals surface area contributed by atoms with Crippen LogP contribution in [0.3, 0.4) is 0 Å². The number of aromatic nitrogens is 3. The van der Waals surface area contributed by atoms with E-state index in [9.17, 15) is 0 Å². The molecule has 1 unspecified atom stereocenters. The maximum atomic E-state index is 4.23. The van der Waals surface area contributed by atoms with Crippen LogP contribution in [-0.2, 0) is 6.42 Å². The van der Waals surface area contributed by atoms with Crippen molar-refractivity contribution in [3.8, 4) is 11.4 Å². The summed E-state index contributed by atoms with van der Waals surface area (Å²) in [5.41, 5.74) is 3.80. The Balaban J connectivity index is 2.06. The molecule has 4 heteroatoms. The Morgan fingerprint density at radius 3 is 3.06 bits per heavy atom. The summed E-state index contributed by atoms with van der Waals surface area (Å²) < 4.78 is 0. The van der Waals surface area contributed by atoms with Gasteiger partial charge in [-0.05, 0) is 37.1 Å². The normalized spacial score (nSPS) is 18.8. The van der Waals surface area contributed by atoms with Crippen LogP contribution in [0.15, 0.2) is 30.6 Å². The Labute approximate surface area is 100 Å². The Kier molecular flexibility index (Phi) is 2.57. The number of rotatable bonds is 1. The standard InChI is InChI=1S/C13H14N4/c1-9-12-8-11(13-15-6-7-16-17-13)3-2-10(12)4-5-14-9/h2-3,6-9,14H,4-5H2,1H3. The average molecular weight is 226 g/mol. The first kappa shape index (κ1) is 10.4. The molecule has 1 N–H and O–H groups in total. The van der Waals surface area contributed by atoms with Crippen molar-refractivity contribution in [2.75, 3.05) is 6.54 Å². The Morgan fingerprint density at radius 1 is 1.29 bits per heavy atom. The molecular formula is C13H14N4. The molecule has 2 heterocycles. The molecule has 0 spiro atoms. The van der Waals surface area contributed by atoms with E-state index in [-0.39, 0.29) is 0 Å². The summed E-state index contributed by atoms with van der Waals surface area (Å²) in [6.45, 7) is 3.24. The zero-order valence-corrected chi connectivity index (χ0v) is 9.72. The molecule has 1 aromatic carbocycles. The number of fused-ring (bicyclic) bond motifs is 1. The van der Waals surface area contributed by atoms with Gasteiger partial charge in [0.15, 0.2) is 5.82 Å². The fourth-order valence-corrected chi connectivity index (χ4v) is 2.28. The van der Waals surface area contributed by atoms with Gasteiger partial charge < -0.3 is 5.32 Å². The lowest BCUT2D eigenvalue weighted by molar-refractivity contribution is 0.541. The first-order chi connectivity index (χ1) is 8.34. The van der Waals surface area contributed by atoms with Gasteiger partial charge in [-0.15, -0.1) is 5.10 Å². The quantitative estimate of drug-likeness (QED) is 0.804. The van der Waals surface area contributed by atoms with E-state index in [0.717, 1.165) is 18.5 Å². The lowest BCUT2D eigenvalue weighted by Gasteiger charge is -2.24. The van der Waals surface area contributed by atoms with Crippen molar-refractivity contribution >= 4 is 0 Å². The molecular weight excluding hydrogens is 212 g/mol. The molecule has 0 aliphatic carbocycles. The molecule has 0 amide bonds. The summed E-state index contributed by atoms with van der Waals surface area (Å²) in [7, 11) is 0. The predicted molar refractivity (Wildman–Crippen MR) is 65.4 cm³/mol. The molecule has 1 aliphatic heterocycles. The molecule has 1 aliphatic rings. The van der Waals surface area contributed by atoms with Gasteiger partial charge in [0.2, 0.25) is 0 Å². The molecule has 0 radical (unpaired) electrons. The number of hydrogen-bond donors (Lipinski definition) is 1. The lowest BCUT2D eigenvalue weighted by Crippen LogP contribution is -2.27. The van der Waals surface area contributed by atoms with E-state index in [0.29, 0.717) is 11.9 Å². The smallest absolute Gasteiger partial charge is 0.181 e. The van der Waals surface area contributed by atoms with Crippen LogP contribution >= 0.6 is 0 Å². The molecule has 2 aromatic rings. The van der Waals surface area contributed by atoms with Crippen LogP contribution in [-0.4, -0.2) is 21.7 Å². The topological polar surface area (TPSA) is 50.7 Å². The molecule has 1 atom stereocenters. The minimum atomic E-state index is 0.398. The minimum Gasteiger partial charge on any atom is -0.310 e. The van der Waals surface area contributed by atoms with E-state index in [1.165, 1.54) is 11.1 Å². The maximum Gasteiger partial charge on any atom is 0.181 e. The van der Waals surface area contributed by atoms with Gasteiger partial charge in [-0.25, -0.2) is 4.98 Å². The van der Waals surface area contributed by atoms with Gasteiger partial charge in [0.05, 0.1) is 6.20 Å². The van der Waals surface area contributed by atoms with E-state index in [4.69, 9.17) is 0 Å². The van der Waals surface area contributed by atoms with E-state index in [2.05, 4.69) is 45.6 Å². The molecule has 17 heavy (non-hydrogen) atoms. The monoisotopic (exact) mass is 226 g/mol. The fraction of sp³-hybridized carbons (Fsp3) is 0.308. The Hall–Kier alpha value is -1.81. The van der Waals surface area contributed by atoms with Crippen molar-refractivity contribution in [1.82, 2.24) is 20.5 Å². The number of nitrogens with zero attached hydrogens (tertiary/aromatic N) is 3. The molecule has 1 aromatic heterocycles. The van der Waals surface area contributed by atoms with Crippen molar-refractivity contribution in [1.29, 1.82) is 0 Å². The largest absolute Gasteiger partial charge is 0.310 e. The van der Waals surface area contributed by atoms with Crippen LogP contribution in [0.1, 0.15) is 24.1 Å². The highest BCUT2D eigenvalue weighted by Crippen LogP contribution is 2.26. The molecule has 0 fully saturated rings. The summed E-state index contributed by atoms with van der Waals surface area (Å²) >= 11 is 0. The summed E-state index contributed by atoms with van der Waals surface area (Å²) in [4.78, 5) is 4.23. The Morgan fingerprint density at radius 2 is 2.24 bits per heavy atom. The number of benzene rings is 1. The van der Waals surface area contributed by atoms with Gasteiger partial charge >= 0.3 is 0 Å². The van der Waals surface area contributed by atoms with Crippen molar-refractivity contribution in [3.63, 3.8) is 0 Å². The SMILES string of the molecule is CC1NCCc2ccc(-c3nccnn3)cc21. The predicted octanol–water partition coefficient (Wildman–Crippen LogP) is 1.75. The third-order valence-electron chi connectivity index (χ3n) is 3.20. The second-order valence-electron chi connectivity index (χ2n) is 4.31. The van der Waals surface area contributed by atoms with E-state index in [1.807, 2.05) is 0 Å². The minimum absolute atomic E-state index is 0.398. The van der Waals surface area contributed by atoms with Gasteiger partial charge in [0.25, 0.3) is 0 Å². The fourth-order valence-electron chi connectivity index (χ4n) is 2.28. The van der Waals surface area contributed by atoms with Crippen LogP contribution in [0, 0.1) is 0 Å². The zero-order valence-electron chi connectivity index (χ0n) is 9.72. The highest BCUT2D eigenvalue weighted by Gasteiger charge is 2.16. The van der Waals surface area contributed by atoms with Gasteiger partial charge in [0.1, 0.15) is 0 Å². The Bertz CT molecular complexity index is 524. The van der Waals surface area contributed by atoms with Crippen LogP contribution in [0.4, 0.5) is 0 Å². The molecule has 3 rings (SSSR count). The molecule has 86 valence electrons. The lowest BCUT2D eigenvalue weighted by atomic mass is 9.93. The van der Waals surface area contributed by atoms with Crippen LogP contribution in [0.5, 0.6) is 0 Å². The first-order valence-corrected chi connectivity index (χ1v) is 5.85. The number of nitrogens with one attached hydrogen (secondary N) is 1. The van der Waals surface area contributed by atoms with Crippen molar-refractivity contribution in [2.45, 2.75) is 19.4 Å². The van der Waals surface area contributed by atoms with Gasteiger partial charge in [-0.1, -0.05) is 12.1 Å². The summed E-state index contributed by atoms with van der Waals surface area (Å²) in [5.74, 6) is 0.688. The van der Waals surface area contributed by atoms with Gasteiger partial charge in [0, 0.05) is 17.8 Å². The van der Waals surface area contributed by atoms with Crippen molar-refractivity contribution < 1.29 is 0 Å². The van der Waals surface area contributed by atoms with Crippen LogP contribution < -0.4 is 5.32 Å². The van der Waals surface area contributed by atoms with Crippen molar-refractivity contribution in [2.24, 2.45) is 0 Å². The average Bonchev–Trinajstić information content (AvgIpc) is 2.40. The van der Waals surface area contributed by atoms with Crippen LogP contribution in [0.25, 0.3) is 11.4 Å². The summed E-state index contributed by atoms with van der Waals surface area (Å²) in [5, 5.41) is 11.4. The van der Waals surface area contributed by atoms with E-state index >= 15 is 0 Å². The van der Waals surface area contributed by atoms with Crippen molar-refractivity contribution in [3.05, 3.63) is 41.7 Å². The maximum absolute atomic E-state index is 4.23. The third-order valence-corrected chi connectivity index (χ3v) is 3.20. The molecule has 0 saturated heterocycles. The second kappa shape index (κ2) is 4.22. The van der Waals surface area contributed by atoms with E-state index < -0.39 is 0 Å². The summed E-state index contributed by atoms with van der Waals surface area (Å²) in [6.07, 6.45) is 4.35. The molecule has 0 saturated carbocycles. The number of hydrogen-bond acceptors (Lipinski definition) is 4. The van der Waals surface area contributed by atoms with Gasteiger partial charge in [-0.2, -0.15) is 5.10 Å². The molecule has 0 bridgehead atoms.